The van der Waals surface area contributed by atoms with E-state index in [2.05, 4.69) is 95.2 Å². The van der Waals surface area contributed by atoms with Crippen LogP contribution in [0.4, 0.5) is 0 Å². The van der Waals surface area contributed by atoms with Gasteiger partial charge in [0.15, 0.2) is 5.82 Å². The quantitative estimate of drug-likeness (QED) is 0.193. The molecular weight excluding hydrogens is 689 g/mol. The Hall–Kier alpha value is -3.41. The fourth-order valence-corrected chi connectivity index (χ4v) is 9.36. The van der Waals surface area contributed by atoms with E-state index in [0.29, 0.717) is 5.82 Å². The summed E-state index contributed by atoms with van der Waals surface area (Å²) in [4.78, 5) is 39.7. The summed E-state index contributed by atoms with van der Waals surface area (Å²) in [5.41, 5.74) is 6.19. The van der Waals surface area contributed by atoms with Gasteiger partial charge in [-0.05, 0) is 126 Å². The summed E-state index contributed by atoms with van der Waals surface area (Å²) in [5, 5.41) is 2.89. The summed E-state index contributed by atoms with van der Waals surface area (Å²) in [6, 6.07) is 14.3. The number of aromatic nitrogens is 5. The third-order valence-electron chi connectivity index (χ3n) is 11.1. The highest BCUT2D eigenvalue weighted by molar-refractivity contribution is 8.16. The van der Waals surface area contributed by atoms with Gasteiger partial charge in [0.25, 0.3) is 0 Å². The summed E-state index contributed by atoms with van der Waals surface area (Å²) in [6.45, 7) is 26.5. The molecule has 0 aromatic carbocycles. The van der Waals surface area contributed by atoms with Crippen molar-refractivity contribution >= 4 is 50.4 Å². The first-order valence-corrected chi connectivity index (χ1v) is 19.8. The third kappa shape index (κ3) is 6.48. The number of aliphatic imine (C=N–C) groups is 3. The molecule has 0 saturated heterocycles. The Bertz CT molecular complexity index is 1850. The summed E-state index contributed by atoms with van der Waals surface area (Å²) in [5.74, 6) is 0.579. The van der Waals surface area contributed by atoms with Crippen LogP contribution in [0.1, 0.15) is 100 Å². The first-order chi connectivity index (χ1) is 23.7. The van der Waals surface area contributed by atoms with Gasteiger partial charge in [0.1, 0.15) is 15.1 Å². The summed E-state index contributed by atoms with van der Waals surface area (Å²) < 4.78 is -0.0540. The highest BCUT2D eigenvalue weighted by atomic mass is 32.2. The maximum Gasteiger partial charge on any atom is 0.161 e. The van der Waals surface area contributed by atoms with Crippen LogP contribution in [0.5, 0.6) is 0 Å². The van der Waals surface area contributed by atoms with Crippen molar-refractivity contribution < 1.29 is 0 Å². The zero-order valence-electron chi connectivity index (χ0n) is 31.6. The predicted octanol–water partition coefficient (Wildman–Crippen LogP) is 9.81. The van der Waals surface area contributed by atoms with Crippen LogP contribution in [0, 0.1) is 0 Å². The number of hydrogen-bond acceptors (Lipinski definition) is 11. The summed E-state index contributed by atoms with van der Waals surface area (Å²) in [7, 11) is 0. The average molecular weight is 735 g/mol. The molecule has 8 nitrogen and oxygen atoms in total. The molecule has 4 aromatic rings. The van der Waals surface area contributed by atoms with E-state index in [4.69, 9.17) is 39.9 Å². The van der Waals surface area contributed by atoms with Crippen LogP contribution in [-0.4, -0.2) is 70.9 Å². The highest BCUT2D eigenvalue weighted by Crippen LogP contribution is 2.48. The molecule has 0 N–H and O–H groups in total. The van der Waals surface area contributed by atoms with Crippen molar-refractivity contribution in [1.29, 1.82) is 0 Å². The van der Waals surface area contributed by atoms with E-state index >= 15 is 0 Å². The molecule has 0 radical (unpaired) electrons. The van der Waals surface area contributed by atoms with Crippen LogP contribution >= 0.6 is 35.3 Å². The van der Waals surface area contributed by atoms with Gasteiger partial charge in [-0.25, -0.2) is 9.97 Å². The molecule has 0 unspecified atom stereocenters. The van der Waals surface area contributed by atoms with Crippen molar-refractivity contribution in [3.63, 3.8) is 0 Å². The molecule has 0 fully saturated rings. The van der Waals surface area contributed by atoms with Crippen LogP contribution in [0.15, 0.2) is 76.0 Å². The maximum absolute atomic E-state index is 5.05. The molecule has 0 atom stereocenters. The standard InChI is InChI=1S/C40H46N8S3/c1-35(2)38(7,8)49-32(46-35)26-16-13-23(20-41-26)29-19-30(24-14-17-27(42-21-24)33-47-36(3,4)39(9,10)50-33)45-31(44-29)25-15-18-28(43-22-25)34-48-37(5,6)40(11,12)51-34/h13-22H,1-12H3. The Morgan fingerprint density at radius 3 is 0.961 bits per heavy atom. The lowest BCUT2D eigenvalue weighted by Crippen LogP contribution is -2.36. The molecule has 0 bridgehead atoms. The smallest absolute Gasteiger partial charge is 0.161 e. The first kappa shape index (κ1) is 36.0. The van der Waals surface area contributed by atoms with E-state index < -0.39 is 0 Å². The Morgan fingerprint density at radius 1 is 0.392 bits per heavy atom. The normalized spacial score (nSPS) is 22.0. The summed E-state index contributed by atoms with van der Waals surface area (Å²) in [6.07, 6.45) is 5.61. The van der Waals surface area contributed by atoms with E-state index in [9.17, 15) is 0 Å². The Labute approximate surface area is 314 Å². The lowest BCUT2D eigenvalue weighted by atomic mass is 9.91. The molecule has 264 valence electrons. The third-order valence-corrected chi connectivity index (χ3v) is 15.7. The highest BCUT2D eigenvalue weighted by Gasteiger charge is 2.46. The molecule has 4 aromatic heterocycles. The minimum absolute atomic E-state index is 0.0166. The van der Waals surface area contributed by atoms with Gasteiger partial charge in [-0.2, -0.15) is 0 Å². The van der Waals surface area contributed by atoms with E-state index in [1.54, 1.807) is 35.3 Å². The van der Waals surface area contributed by atoms with Crippen LogP contribution in [0.2, 0.25) is 0 Å². The number of pyridine rings is 3. The van der Waals surface area contributed by atoms with Crippen molar-refractivity contribution in [3.05, 3.63) is 78.1 Å². The van der Waals surface area contributed by atoms with Gasteiger partial charge in [0.05, 0.1) is 45.1 Å². The molecule has 7 rings (SSSR count). The average Bonchev–Trinajstić information content (AvgIpc) is 3.53. The van der Waals surface area contributed by atoms with E-state index in [0.717, 1.165) is 60.3 Å². The van der Waals surface area contributed by atoms with Crippen molar-refractivity contribution in [2.45, 2.75) is 114 Å². The molecule has 0 saturated carbocycles. The Kier molecular flexibility index (Phi) is 8.51. The lowest BCUT2D eigenvalue weighted by molar-refractivity contribution is 0.426. The fraction of sp³-hybridized carbons (Fsp3) is 0.450. The van der Waals surface area contributed by atoms with Gasteiger partial charge in [-0.1, -0.05) is 35.3 Å². The van der Waals surface area contributed by atoms with Gasteiger partial charge in [0.2, 0.25) is 0 Å². The van der Waals surface area contributed by atoms with Gasteiger partial charge >= 0.3 is 0 Å². The number of rotatable bonds is 6. The van der Waals surface area contributed by atoms with Gasteiger partial charge in [-0.15, -0.1) is 0 Å². The second-order valence-electron chi connectivity index (χ2n) is 16.5. The number of thioether (sulfide) groups is 3. The molecule has 3 aliphatic heterocycles. The first-order valence-electron chi connectivity index (χ1n) is 17.3. The Morgan fingerprint density at radius 2 is 0.706 bits per heavy atom. The summed E-state index contributed by atoms with van der Waals surface area (Å²) >= 11 is 5.32. The van der Waals surface area contributed by atoms with Gasteiger partial charge in [0, 0.05) is 49.5 Å². The van der Waals surface area contributed by atoms with Crippen LogP contribution < -0.4 is 0 Å². The zero-order valence-corrected chi connectivity index (χ0v) is 34.0. The van der Waals surface area contributed by atoms with Crippen LogP contribution in [-0.2, 0) is 0 Å². The second kappa shape index (κ2) is 12.1. The zero-order chi connectivity index (χ0) is 36.8. The van der Waals surface area contributed by atoms with Crippen molar-refractivity contribution in [1.82, 2.24) is 24.9 Å². The second-order valence-corrected chi connectivity index (χ2v) is 21.4. The van der Waals surface area contributed by atoms with Gasteiger partial charge < -0.3 is 0 Å². The molecular formula is C40H46N8S3. The number of nitrogens with zero attached hydrogens (tertiary/aromatic N) is 8. The molecule has 0 amide bonds. The molecule has 0 spiro atoms. The monoisotopic (exact) mass is 734 g/mol. The molecule has 11 heteroatoms. The Balaban J connectivity index is 1.25. The van der Waals surface area contributed by atoms with Gasteiger partial charge in [-0.3, -0.25) is 29.9 Å². The van der Waals surface area contributed by atoms with Crippen LogP contribution in [0.25, 0.3) is 33.9 Å². The minimum atomic E-state index is -0.183. The van der Waals surface area contributed by atoms with Crippen LogP contribution in [0.3, 0.4) is 0 Å². The topological polar surface area (TPSA) is 102 Å². The van der Waals surface area contributed by atoms with E-state index in [1.165, 1.54) is 0 Å². The van der Waals surface area contributed by atoms with Crippen molar-refractivity contribution in [2.75, 3.05) is 0 Å². The number of hydrogen-bond donors (Lipinski definition) is 0. The SMILES string of the molecule is CC1(C)N=C(c2ccc(-c3cc(-c4ccc(C5=NC(C)(C)C(C)(C)S5)nc4)nc(-c4ccc(C5=NC(C)(C)C(C)(C)S5)nc4)n3)cn2)SC1(C)C. The predicted molar refractivity (Wildman–Crippen MR) is 219 cm³/mol. The molecule has 0 aliphatic carbocycles. The van der Waals surface area contributed by atoms with E-state index in [1.807, 2.05) is 48.9 Å². The van der Waals surface area contributed by atoms with Crippen molar-refractivity contribution in [3.8, 4) is 33.9 Å². The fourth-order valence-electron chi connectivity index (χ4n) is 5.53. The minimum Gasteiger partial charge on any atom is -0.269 e. The lowest BCUT2D eigenvalue weighted by Gasteiger charge is -2.30. The molecule has 51 heavy (non-hydrogen) atoms. The largest absolute Gasteiger partial charge is 0.269 e. The molecule has 3 aliphatic rings. The molecule has 7 heterocycles. The van der Waals surface area contributed by atoms with E-state index in [-0.39, 0.29) is 30.9 Å². The maximum atomic E-state index is 5.05. The van der Waals surface area contributed by atoms with Crippen molar-refractivity contribution in [2.24, 2.45) is 15.0 Å².